The number of ether oxygens (including phenoxy) is 2. The second kappa shape index (κ2) is 15.6. The van der Waals surface area contributed by atoms with Crippen molar-refractivity contribution < 1.29 is 27.5 Å². The summed E-state index contributed by atoms with van der Waals surface area (Å²) in [6.45, 7) is 2.98. The number of nitrogens with one attached hydrogen (secondary N) is 1. The van der Waals surface area contributed by atoms with Gasteiger partial charge in [0.1, 0.15) is 24.1 Å². The predicted octanol–water partition coefficient (Wildman–Crippen LogP) is 5.72. The molecule has 0 aliphatic heterocycles. The summed E-state index contributed by atoms with van der Waals surface area (Å²) in [6.07, 6.45) is 0.184. The summed E-state index contributed by atoms with van der Waals surface area (Å²) in [5.74, 6) is -0.424. The van der Waals surface area contributed by atoms with Gasteiger partial charge >= 0.3 is 0 Å². The Kier molecular flexibility index (Phi) is 11.7. The Morgan fingerprint density at radius 2 is 1.48 bits per heavy atom. The Labute approximate surface area is 275 Å². The second-order valence-electron chi connectivity index (χ2n) is 10.8. The van der Waals surface area contributed by atoms with Gasteiger partial charge in [-0.25, -0.2) is 8.42 Å². The molecule has 0 saturated carbocycles. The number of carbonyl (C=O) groups is 2. The first-order chi connectivity index (χ1) is 22.0. The quantitative estimate of drug-likeness (QED) is 0.185. The minimum absolute atomic E-state index is 0.0243. The number of halogens is 1. The van der Waals surface area contributed by atoms with E-state index in [9.17, 15) is 18.0 Å². The fraction of sp³-hybridized carbons (Fsp3) is 0.257. The van der Waals surface area contributed by atoms with Crippen molar-refractivity contribution in [2.24, 2.45) is 0 Å². The van der Waals surface area contributed by atoms with E-state index in [1.54, 1.807) is 54.6 Å². The van der Waals surface area contributed by atoms with Crippen molar-refractivity contribution in [3.8, 4) is 11.5 Å². The van der Waals surface area contributed by atoms with Gasteiger partial charge in [0.15, 0.2) is 0 Å². The van der Waals surface area contributed by atoms with Gasteiger partial charge in [0.2, 0.25) is 11.8 Å². The van der Waals surface area contributed by atoms with E-state index in [0.29, 0.717) is 16.3 Å². The van der Waals surface area contributed by atoms with Gasteiger partial charge in [0.25, 0.3) is 10.0 Å². The lowest BCUT2D eigenvalue weighted by Crippen LogP contribution is -2.54. The van der Waals surface area contributed by atoms with Crippen LogP contribution < -0.4 is 19.1 Å². The van der Waals surface area contributed by atoms with Crippen LogP contribution in [0.2, 0.25) is 5.02 Å². The number of nitrogens with zero attached hydrogens (tertiary/aromatic N) is 2. The van der Waals surface area contributed by atoms with Gasteiger partial charge in [-0.05, 0) is 55.3 Å². The van der Waals surface area contributed by atoms with Crippen LogP contribution in [0.5, 0.6) is 11.5 Å². The SMILES string of the molecule is COc1ccc(OC)c(N(CC(=O)N(Cc2ccccc2Cl)C(Cc2ccccc2)C(=O)NC(C)C)S(=O)(=O)c2ccccc2)c1. The molecule has 0 heterocycles. The zero-order chi connectivity index (χ0) is 33.3. The van der Waals surface area contributed by atoms with Crippen molar-refractivity contribution in [2.45, 2.75) is 43.8 Å². The third-order valence-corrected chi connectivity index (χ3v) is 9.41. The first kappa shape index (κ1) is 34.3. The molecule has 1 N–H and O–H groups in total. The molecule has 4 rings (SSSR count). The maximum absolute atomic E-state index is 14.6. The molecular formula is C35H38ClN3O6S. The molecule has 4 aromatic carbocycles. The highest BCUT2D eigenvalue weighted by atomic mass is 35.5. The molecule has 4 aromatic rings. The Morgan fingerprint density at radius 1 is 0.848 bits per heavy atom. The van der Waals surface area contributed by atoms with Gasteiger partial charge < -0.3 is 19.7 Å². The molecule has 0 saturated heterocycles. The van der Waals surface area contributed by atoms with E-state index >= 15 is 0 Å². The largest absolute Gasteiger partial charge is 0.497 e. The fourth-order valence-corrected chi connectivity index (χ4v) is 6.60. The third-order valence-electron chi connectivity index (χ3n) is 7.27. The number of benzene rings is 4. The maximum atomic E-state index is 14.6. The molecule has 0 aromatic heterocycles. The summed E-state index contributed by atoms with van der Waals surface area (Å²) >= 11 is 6.55. The molecule has 0 bridgehead atoms. The number of anilines is 1. The lowest BCUT2D eigenvalue weighted by Gasteiger charge is -2.34. The van der Waals surface area contributed by atoms with Crippen LogP contribution in [0.25, 0.3) is 0 Å². The summed E-state index contributed by atoms with van der Waals surface area (Å²) in [7, 11) is -1.45. The van der Waals surface area contributed by atoms with Gasteiger partial charge in [0.05, 0.1) is 24.8 Å². The summed E-state index contributed by atoms with van der Waals surface area (Å²) in [6, 6.07) is 27.7. The Bertz CT molecular complexity index is 1740. The molecule has 0 aliphatic carbocycles. The minimum Gasteiger partial charge on any atom is -0.497 e. The van der Waals surface area contributed by atoms with Gasteiger partial charge in [0, 0.05) is 30.1 Å². The number of rotatable bonds is 14. The number of carbonyl (C=O) groups excluding carboxylic acids is 2. The standard InChI is InChI=1S/C35H38ClN3O6S/c1-25(2)37-35(41)32(21-26-13-7-5-8-14-26)38(23-27-15-11-12-18-30(27)36)34(40)24-39(46(42,43)29-16-9-6-10-17-29)31-22-28(44-3)19-20-33(31)45-4/h5-20,22,25,32H,21,23-24H2,1-4H3,(H,37,41). The van der Waals surface area contributed by atoms with E-state index < -0.39 is 28.5 Å². The van der Waals surface area contributed by atoms with Crippen molar-refractivity contribution in [1.29, 1.82) is 0 Å². The van der Waals surface area contributed by atoms with E-state index in [1.165, 1.54) is 37.3 Å². The van der Waals surface area contributed by atoms with E-state index in [2.05, 4.69) is 5.32 Å². The third kappa shape index (κ3) is 8.38. The first-order valence-corrected chi connectivity index (χ1v) is 16.5. The summed E-state index contributed by atoms with van der Waals surface area (Å²) < 4.78 is 40.5. The van der Waals surface area contributed by atoms with Crippen molar-refractivity contribution in [2.75, 3.05) is 25.1 Å². The van der Waals surface area contributed by atoms with Gasteiger partial charge in [-0.1, -0.05) is 78.3 Å². The highest BCUT2D eigenvalue weighted by Gasteiger charge is 2.36. The highest BCUT2D eigenvalue weighted by Crippen LogP contribution is 2.36. The van der Waals surface area contributed by atoms with Gasteiger partial charge in [-0.3, -0.25) is 13.9 Å². The van der Waals surface area contributed by atoms with Crippen molar-refractivity contribution in [1.82, 2.24) is 10.2 Å². The van der Waals surface area contributed by atoms with Crippen molar-refractivity contribution in [3.05, 3.63) is 119 Å². The molecule has 9 nitrogen and oxygen atoms in total. The van der Waals surface area contributed by atoms with Crippen molar-refractivity contribution >= 4 is 39.1 Å². The van der Waals surface area contributed by atoms with E-state index in [1.807, 2.05) is 44.2 Å². The Morgan fingerprint density at radius 3 is 2.09 bits per heavy atom. The van der Waals surface area contributed by atoms with E-state index in [4.69, 9.17) is 21.1 Å². The molecule has 0 spiro atoms. The minimum atomic E-state index is -4.32. The van der Waals surface area contributed by atoms with Crippen LogP contribution in [-0.4, -0.2) is 58.0 Å². The smallest absolute Gasteiger partial charge is 0.264 e. The van der Waals surface area contributed by atoms with Crippen LogP contribution in [0.3, 0.4) is 0 Å². The molecule has 1 atom stereocenters. The normalized spacial score (nSPS) is 11.9. The molecular weight excluding hydrogens is 626 g/mol. The zero-order valence-corrected chi connectivity index (χ0v) is 27.8. The average Bonchev–Trinajstić information content (AvgIpc) is 3.06. The lowest BCUT2D eigenvalue weighted by atomic mass is 10.0. The first-order valence-electron chi connectivity index (χ1n) is 14.7. The number of amides is 2. The Balaban J connectivity index is 1.87. The summed E-state index contributed by atoms with van der Waals surface area (Å²) in [4.78, 5) is 29.8. The monoisotopic (exact) mass is 663 g/mol. The van der Waals surface area contributed by atoms with Gasteiger partial charge in [-0.15, -0.1) is 0 Å². The second-order valence-corrected chi connectivity index (χ2v) is 13.1. The van der Waals surface area contributed by atoms with Crippen molar-refractivity contribution in [3.63, 3.8) is 0 Å². The van der Waals surface area contributed by atoms with Crippen LogP contribution in [0.1, 0.15) is 25.0 Å². The van der Waals surface area contributed by atoms with Crippen LogP contribution in [0.4, 0.5) is 5.69 Å². The van der Waals surface area contributed by atoms with E-state index in [-0.39, 0.29) is 41.2 Å². The lowest BCUT2D eigenvalue weighted by molar-refractivity contribution is -0.140. The number of hydrogen-bond acceptors (Lipinski definition) is 6. The topological polar surface area (TPSA) is 105 Å². The number of sulfonamides is 1. The zero-order valence-electron chi connectivity index (χ0n) is 26.2. The summed E-state index contributed by atoms with van der Waals surface area (Å²) in [5.41, 5.74) is 1.53. The molecule has 1 unspecified atom stereocenters. The molecule has 46 heavy (non-hydrogen) atoms. The fourth-order valence-electron chi connectivity index (χ4n) is 4.97. The van der Waals surface area contributed by atoms with Crippen LogP contribution in [-0.2, 0) is 32.6 Å². The Hall–Kier alpha value is -4.54. The average molecular weight is 664 g/mol. The number of methoxy groups -OCH3 is 2. The molecule has 2 amide bonds. The summed E-state index contributed by atoms with van der Waals surface area (Å²) in [5, 5.41) is 3.35. The maximum Gasteiger partial charge on any atom is 0.264 e. The number of hydrogen-bond donors (Lipinski definition) is 1. The van der Waals surface area contributed by atoms with Crippen LogP contribution in [0, 0.1) is 0 Å². The molecule has 0 aliphatic rings. The molecule has 0 radical (unpaired) electrons. The van der Waals surface area contributed by atoms with Crippen LogP contribution >= 0.6 is 11.6 Å². The molecule has 11 heteroatoms. The molecule has 242 valence electrons. The predicted molar refractivity (Wildman–Crippen MR) is 180 cm³/mol. The van der Waals surface area contributed by atoms with Gasteiger partial charge in [-0.2, -0.15) is 0 Å². The van der Waals surface area contributed by atoms with Crippen LogP contribution in [0.15, 0.2) is 108 Å². The molecule has 0 fully saturated rings. The van der Waals surface area contributed by atoms with E-state index in [0.717, 1.165) is 9.87 Å². The highest BCUT2D eigenvalue weighted by molar-refractivity contribution is 7.92.